The van der Waals surface area contributed by atoms with Crippen LogP contribution in [-0.2, 0) is 0 Å². The van der Waals surface area contributed by atoms with Crippen LogP contribution in [0.5, 0.6) is 0 Å². The Bertz CT molecular complexity index is 1040. The average molecular weight is 757 g/mol. The predicted octanol–water partition coefficient (Wildman–Crippen LogP) is 9.86. The standard InChI is InChI=1S/C33H64Si6Te/c1-34(2,3)31(35(4,5)6)26-24-28(32(36(7,8)9)37(10,11)12)30(40-27-22-20-19-21-23-27)29(25-26)33(38(13,14)15)39(16,17)18/h19-25,31-33H,1-18H3. The van der Waals surface area contributed by atoms with Crippen molar-refractivity contribution in [2.24, 2.45) is 0 Å². The van der Waals surface area contributed by atoms with Crippen molar-refractivity contribution in [1.29, 1.82) is 0 Å². The minimum atomic E-state index is -1.48. The van der Waals surface area contributed by atoms with Crippen molar-refractivity contribution in [3.05, 3.63) is 59.2 Å². The topological polar surface area (TPSA) is 0 Å². The van der Waals surface area contributed by atoms with E-state index in [-0.39, 0.29) is 0 Å². The van der Waals surface area contributed by atoms with E-state index < -0.39 is 69.4 Å². The van der Waals surface area contributed by atoms with E-state index in [0.29, 0.717) is 0 Å². The van der Waals surface area contributed by atoms with E-state index in [1.54, 1.807) is 9.17 Å². The van der Waals surface area contributed by atoms with Crippen LogP contribution in [0.2, 0.25) is 118 Å². The first kappa shape index (κ1) is 36.7. The molecule has 0 nitrogen and oxygen atoms in total. The Hall–Kier alpha value is 0.531. The molecule has 0 fully saturated rings. The fraction of sp³-hybridized carbons (Fsp3) is 0.636. The van der Waals surface area contributed by atoms with Crippen LogP contribution in [-0.4, -0.2) is 69.4 Å². The van der Waals surface area contributed by atoms with Crippen molar-refractivity contribution >= 4 is 76.6 Å². The molecule has 0 aliphatic rings. The molecule has 0 amide bonds. The van der Waals surface area contributed by atoms with Gasteiger partial charge in [-0.1, -0.05) is 0 Å². The van der Waals surface area contributed by atoms with Gasteiger partial charge in [-0.05, 0) is 0 Å². The summed E-state index contributed by atoms with van der Waals surface area (Å²) in [5.41, 5.74) is 5.45. The number of hydrogen-bond donors (Lipinski definition) is 0. The Labute approximate surface area is 267 Å². The number of rotatable bonds is 11. The van der Waals surface area contributed by atoms with Gasteiger partial charge in [0.1, 0.15) is 0 Å². The quantitative estimate of drug-likeness (QED) is 0.201. The van der Waals surface area contributed by atoms with Crippen LogP contribution >= 0.6 is 0 Å². The monoisotopic (exact) mass is 758 g/mol. The molecule has 0 radical (unpaired) electrons. The third-order valence-corrected chi connectivity index (χ3v) is 39.6. The van der Waals surface area contributed by atoms with Crippen molar-refractivity contribution in [3.8, 4) is 0 Å². The van der Waals surface area contributed by atoms with Gasteiger partial charge in [0.25, 0.3) is 0 Å². The van der Waals surface area contributed by atoms with Crippen molar-refractivity contribution < 1.29 is 0 Å². The summed E-state index contributed by atoms with van der Waals surface area (Å²) in [5.74, 6) is 0. The van der Waals surface area contributed by atoms with Gasteiger partial charge in [0.15, 0.2) is 0 Å². The summed E-state index contributed by atoms with van der Waals surface area (Å²) in [6.45, 7) is 48.1. The van der Waals surface area contributed by atoms with Crippen molar-refractivity contribution in [2.45, 2.75) is 133 Å². The molecular formula is C33H64Si6Te. The summed E-state index contributed by atoms with van der Waals surface area (Å²) in [6.07, 6.45) is 0. The van der Waals surface area contributed by atoms with Gasteiger partial charge in [-0.15, -0.1) is 0 Å². The summed E-state index contributed by atoms with van der Waals surface area (Å²) < 4.78 is 3.49. The van der Waals surface area contributed by atoms with E-state index in [1.807, 2.05) is 14.7 Å². The normalized spacial score (nSPS) is 14.5. The summed E-state index contributed by atoms with van der Waals surface area (Å²) in [6, 6.07) is 17.4. The second kappa shape index (κ2) is 12.5. The second-order valence-electron chi connectivity index (χ2n) is 18.9. The molecule has 2 aromatic carbocycles. The molecule has 0 spiro atoms. The maximum atomic E-state index is 2.88. The van der Waals surface area contributed by atoms with Gasteiger partial charge < -0.3 is 0 Å². The molecule has 0 aliphatic carbocycles. The zero-order chi connectivity index (χ0) is 31.3. The molecule has 7 heteroatoms. The molecule has 0 aromatic heterocycles. The molecule has 40 heavy (non-hydrogen) atoms. The fourth-order valence-corrected chi connectivity index (χ4v) is 51.4. The molecule has 2 rings (SSSR count). The fourth-order valence-electron chi connectivity index (χ4n) is 8.78. The predicted molar refractivity (Wildman–Crippen MR) is 206 cm³/mol. The number of benzene rings is 2. The minimum absolute atomic E-state index is 0.498. The van der Waals surface area contributed by atoms with Crippen LogP contribution < -0.4 is 7.22 Å². The van der Waals surface area contributed by atoms with Crippen LogP contribution in [0.3, 0.4) is 0 Å². The van der Waals surface area contributed by atoms with Crippen LogP contribution in [0.1, 0.15) is 32.2 Å². The Kier molecular flexibility index (Phi) is 11.5. The molecule has 0 bridgehead atoms. The van der Waals surface area contributed by atoms with E-state index in [1.165, 1.54) is 0 Å². The average Bonchev–Trinajstić information content (AvgIpc) is 2.64. The molecule has 0 unspecified atom stereocenters. The van der Waals surface area contributed by atoms with Crippen molar-refractivity contribution in [2.75, 3.05) is 0 Å². The van der Waals surface area contributed by atoms with Crippen LogP contribution in [0.4, 0.5) is 0 Å². The van der Waals surface area contributed by atoms with E-state index in [4.69, 9.17) is 0 Å². The van der Waals surface area contributed by atoms with Crippen molar-refractivity contribution in [3.63, 3.8) is 0 Å². The number of hydrogen-bond acceptors (Lipinski definition) is 0. The second-order valence-corrected chi connectivity index (χ2v) is 55.6. The maximum absolute atomic E-state index is 2.88. The van der Waals surface area contributed by atoms with Gasteiger partial charge in [0.05, 0.1) is 0 Å². The van der Waals surface area contributed by atoms with Gasteiger partial charge in [-0.25, -0.2) is 0 Å². The van der Waals surface area contributed by atoms with E-state index in [2.05, 4.69) is 160 Å². The first-order valence-electron chi connectivity index (χ1n) is 15.6. The van der Waals surface area contributed by atoms with Crippen LogP contribution in [0.25, 0.3) is 0 Å². The van der Waals surface area contributed by atoms with Gasteiger partial charge in [0.2, 0.25) is 0 Å². The zero-order valence-electron chi connectivity index (χ0n) is 29.7. The Morgan fingerprint density at radius 3 is 1.00 bits per heavy atom. The molecule has 0 N–H and O–H groups in total. The molecule has 0 saturated heterocycles. The SMILES string of the molecule is C[Si](C)(C)C(c1cc(C([Si](C)(C)C)[Si](C)(C)C)c([Te]c2ccccc2)c(C([Si](C)(C)C)[Si](C)(C)C)c1)[Si](C)(C)C. The third-order valence-electron chi connectivity index (χ3n) is 8.28. The van der Waals surface area contributed by atoms with Gasteiger partial charge in [-0.2, -0.15) is 0 Å². The molecule has 0 aliphatic heterocycles. The molecule has 0 saturated carbocycles. The Balaban J connectivity index is 3.26. The van der Waals surface area contributed by atoms with Crippen molar-refractivity contribution in [1.82, 2.24) is 0 Å². The molecule has 0 atom stereocenters. The van der Waals surface area contributed by atoms with E-state index in [0.717, 1.165) is 15.5 Å². The van der Waals surface area contributed by atoms with E-state index >= 15 is 0 Å². The summed E-state index contributed by atoms with van der Waals surface area (Å²) in [7, 11) is -8.80. The molecular weight excluding hydrogens is 692 g/mol. The summed E-state index contributed by atoms with van der Waals surface area (Å²) in [5, 5.41) is 2.36. The molecule has 0 heterocycles. The summed E-state index contributed by atoms with van der Waals surface area (Å²) >= 11 is -0.498. The van der Waals surface area contributed by atoms with Crippen LogP contribution in [0, 0.1) is 0 Å². The zero-order valence-corrected chi connectivity index (χ0v) is 38.0. The first-order chi connectivity index (χ1) is 17.7. The van der Waals surface area contributed by atoms with Gasteiger partial charge in [-0.3, -0.25) is 0 Å². The third kappa shape index (κ3) is 9.27. The van der Waals surface area contributed by atoms with Crippen LogP contribution in [0.15, 0.2) is 42.5 Å². The van der Waals surface area contributed by atoms with Gasteiger partial charge >= 0.3 is 269 Å². The van der Waals surface area contributed by atoms with Gasteiger partial charge in [0, 0.05) is 0 Å². The molecule has 2 aromatic rings. The first-order valence-corrected chi connectivity index (χ1v) is 39.4. The molecule has 226 valence electrons. The summed E-state index contributed by atoms with van der Waals surface area (Å²) in [4.78, 5) is 0. The Morgan fingerprint density at radius 2 is 0.725 bits per heavy atom. The van der Waals surface area contributed by atoms with E-state index in [9.17, 15) is 0 Å². The Morgan fingerprint density at radius 1 is 0.425 bits per heavy atom.